The Morgan fingerprint density at radius 1 is 1.38 bits per heavy atom. The minimum atomic E-state index is -0.423. The van der Waals surface area contributed by atoms with E-state index in [2.05, 4.69) is 31.4 Å². The fraction of sp³-hybridized carbons (Fsp3) is 0.278. The lowest BCUT2D eigenvalue weighted by atomic mass is 10.2. The van der Waals surface area contributed by atoms with Crippen molar-refractivity contribution < 1.29 is 4.79 Å². The van der Waals surface area contributed by atoms with E-state index in [9.17, 15) is 4.79 Å². The van der Waals surface area contributed by atoms with Crippen LogP contribution in [-0.2, 0) is 11.3 Å². The number of amides is 1. The van der Waals surface area contributed by atoms with Crippen LogP contribution in [0.1, 0.15) is 29.9 Å². The summed E-state index contributed by atoms with van der Waals surface area (Å²) in [5, 5.41) is 12.2. The van der Waals surface area contributed by atoms with Gasteiger partial charge >= 0.3 is 0 Å². The Bertz CT molecular complexity index is 949. The van der Waals surface area contributed by atoms with Crippen LogP contribution in [0.2, 0.25) is 5.02 Å². The molecule has 1 atom stereocenters. The van der Waals surface area contributed by atoms with E-state index in [1.807, 2.05) is 45.0 Å². The van der Waals surface area contributed by atoms with Crippen molar-refractivity contribution in [2.75, 3.05) is 5.32 Å². The molecule has 1 unspecified atom stereocenters. The first-order chi connectivity index (χ1) is 12.3. The van der Waals surface area contributed by atoms with Gasteiger partial charge in [-0.05, 0) is 54.4 Å². The number of aryl methyl sites for hydroxylation is 1. The van der Waals surface area contributed by atoms with Crippen molar-refractivity contribution in [3.05, 3.63) is 63.1 Å². The fourth-order valence-electron chi connectivity index (χ4n) is 2.74. The molecule has 1 amide bonds. The summed E-state index contributed by atoms with van der Waals surface area (Å²) in [6.07, 6.45) is 3.36. The first kappa shape index (κ1) is 18.7. The van der Waals surface area contributed by atoms with E-state index in [1.165, 1.54) is 0 Å². The average Bonchev–Trinajstić information content (AvgIpc) is 3.12. The van der Waals surface area contributed by atoms with Crippen molar-refractivity contribution >= 4 is 39.1 Å². The quantitative estimate of drug-likeness (QED) is 0.646. The van der Waals surface area contributed by atoms with E-state index in [-0.39, 0.29) is 5.91 Å². The van der Waals surface area contributed by atoms with Crippen LogP contribution in [0, 0.1) is 13.8 Å². The predicted molar refractivity (Wildman–Crippen MR) is 106 cm³/mol. The number of halogens is 2. The van der Waals surface area contributed by atoms with E-state index >= 15 is 0 Å². The average molecular weight is 437 g/mol. The molecule has 3 aromatic rings. The third-order valence-corrected chi connectivity index (χ3v) is 5.47. The summed E-state index contributed by atoms with van der Waals surface area (Å²) >= 11 is 9.39. The molecule has 3 rings (SSSR count). The largest absolute Gasteiger partial charge is 0.324 e. The van der Waals surface area contributed by atoms with Gasteiger partial charge in [0.25, 0.3) is 0 Å². The molecule has 8 heteroatoms. The van der Waals surface area contributed by atoms with E-state index in [1.54, 1.807) is 21.8 Å². The molecule has 1 aromatic carbocycles. The number of benzene rings is 1. The molecule has 136 valence electrons. The van der Waals surface area contributed by atoms with Crippen LogP contribution in [0.15, 0.2) is 41.1 Å². The molecule has 26 heavy (non-hydrogen) atoms. The lowest BCUT2D eigenvalue weighted by molar-refractivity contribution is -0.119. The van der Waals surface area contributed by atoms with Gasteiger partial charge in [0.1, 0.15) is 6.04 Å². The molecule has 6 nitrogen and oxygen atoms in total. The van der Waals surface area contributed by atoms with E-state index in [0.717, 1.165) is 27.1 Å². The summed E-state index contributed by atoms with van der Waals surface area (Å²) in [6, 6.07) is 7.25. The number of rotatable bonds is 5. The van der Waals surface area contributed by atoms with Gasteiger partial charge in [0, 0.05) is 11.9 Å². The van der Waals surface area contributed by atoms with Crippen molar-refractivity contribution in [2.45, 2.75) is 33.4 Å². The highest BCUT2D eigenvalue weighted by Crippen LogP contribution is 2.23. The molecule has 2 aromatic heterocycles. The minimum absolute atomic E-state index is 0.123. The summed E-state index contributed by atoms with van der Waals surface area (Å²) in [5.41, 5.74) is 3.54. The molecule has 0 fully saturated rings. The Morgan fingerprint density at radius 3 is 2.77 bits per heavy atom. The maximum absolute atomic E-state index is 12.6. The second-order valence-corrected chi connectivity index (χ2v) is 7.38. The zero-order chi connectivity index (χ0) is 18.8. The van der Waals surface area contributed by atoms with Gasteiger partial charge in [-0.25, -0.2) is 0 Å². The second kappa shape index (κ2) is 7.63. The Hall–Kier alpha value is -2.12. The number of hydrogen-bond donors (Lipinski definition) is 1. The zero-order valence-corrected chi connectivity index (χ0v) is 17.0. The predicted octanol–water partition coefficient (Wildman–Crippen LogP) is 4.36. The minimum Gasteiger partial charge on any atom is -0.324 e. The van der Waals surface area contributed by atoms with Crippen molar-refractivity contribution in [3.63, 3.8) is 0 Å². The molecule has 0 saturated heterocycles. The molecule has 1 N–H and O–H groups in total. The zero-order valence-electron chi connectivity index (χ0n) is 14.7. The van der Waals surface area contributed by atoms with Gasteiger partial charge in [-0.2, -0.15) is 10.2 Å². The Kier molecular flexibility index (Phi) is 5.48. The Labute approximate surface area is 165 Å². The topological polar surface area (TPSA) is 64.7 Å². The number of nitrogens with one attached hydrogen (secondary N) is 1. The highest BCUT2D eigenvalue weighted by atomic mass is 79.9. The summed E-state index contributed by atoms with van der Waals surface area (Å²) < 4.78 is 4.40. The second-order valence-electron chi connectivity index (χ2n) is 6.15. The van der Waals surface area contributed by atoms with E-state index in [0.29, 0.717) is 11.6 Å². The van der Waals surface area contributed by atoms with Crippen LogP contribution >= 0.6 is 27.5 Å². The highest BCUT2D eigenvalue weighted by Gasteiger charge is 2.20. The summed E-state index contributed by atoms with van der Waals surface area (Å²) in [4.78, 5) is 12.6. The maximum atomic E-state index is 12.6. The van der Waals surface area contributed by atoms with Gasteiger partial charge in [-0.15, -0.1) is 0 Å². The molecule has 0 spiro atoms. The van der Waals surface area contributed by atoms with Crippen molar-refractivity contribution in [1.29, 1.82) is 0 Å². The van der Waals surface area contributed by atoms with Gasteiger partial charge in [-0.3, -0.25) is 14.2 Å². The SMILES string of the molecule is Cc1nn(C(C)C(=O)Nc2cccc(Cn3cc(Cl)cn3)c2)c(C)c1Br. The summed E-state index contributed by atoms with van der Waals surface area (Å²) in [5.74, 6) is -0.123. The highest BCUT2D eigenvalue weighted by molar-refractivity contribution is 9.10. The number of hydrogen-bond acceptors (Lipinski definition) is 3. The smallest absolute Gasteiger partial charge is 0.248 e. The number of carbonyl (C=O) groups excluding carboxylic acids is 1. The van der Waals surface area contributed by atoms with Crippen LogP contribution in [-0.4, -0.2) is 25.5 Å². The molecule has 2 heterocycles. The van der Waals surface area contributed by atoms with Crippen LogP contribution < -0.4 is 5.32 Å². The van der Waals surface area contributed by atoms with Gasteiger partial charge in [0.15, 0.2) is 0 Å². The molecule has 0 aliphatic heterocycles. The fourth-order valence-corrected chi connectivity index (χ4v) is 3.15. The summed E-state index contributed by atoms with van der Waals surface area (Å²) in [6.45, 7) is 6.25. The molecular formula is C18H19BrClN5O. The Morgan fingerprint density at radius 2 is 2.15 bits per heavy atom. The van der Waals surface area contributed by atoms with Crippen molar-refractivity contribution in [3.8, 4) is 0 Å². The molecular weight excluding hydrogens is 418 g/mol. The molecule has 0 aliphatic carbocycles. The van der Waals surface area contributed by atoms with E-state index < -0.39 is 6.04 Å². The van der Waals surface area contributed by atoms with Gasteiger partial charge in [0.2, 0.25) is 5.91 Å². The van der Waals surface area contributed by atoms with Gasteiger partial charge in [0.05, 0.1) is 33.6 Å². The third kappa shape index (κ3) is 3.99. The number of nitrogens with zero attached hydrogens (tertiary/aromatic N) is 4. The lowest BCUT2D eigenvalue weighted by Crippen LogP contribution is -2.25. The molecule has 0 bridgehead atoms. The third-order valence-electron chi connectivity index (χ3n) is 4.12. The standard InChI is InChI=1S/C18H19BrClN5O/c1-11-17(19)12(2)25(23-11)13(3)18(26)22-16-6-4-5-14(7-16)9-24-10-15(20)8-21-24/h4-8,10,13H,9H2,1-3H3,(H,22,26). The molecule has 0 saturated carbocycles. The van der Waals surface area contributed by atoms with Crippen LogP contribution in [0.4, 0.5) is 5.69 Å². The van der Waals surface area contributed by atoms with Gasteiger partial charge < -0.3 is 5.32 Å². The maximum Gasteiger partial charge on any atom is 0.248 e. The van der Waals surface area contributed by atoms with Crippen LogP contribution in [0.5, 0.6) is 0 Å². The lowest BCUT2D eigenvalue weighted by Gasteiger charge is -2.15. The number of anilines is 1. The Balaban J connectivity index is 1.72. The first-order valence-electron chi connectivity index (χ1n) is 8.14. The molecule has 0 aliphatic rings. The van der Waals surface area contributed by atoms with Crippen molar-refractivity contribution in [1.82, 2.24) is 19.6 Å². The van der Waals surface area contributed by atoms with Crippen molar-refractivity contribution in [2.24, 2.45) is 0 Å². The number of carbonyl (C=O) groups is 1. The van der Waals surface area contributed by atoms with Crippen LogP contribution in [0.25, 0.3) is 0 Å². The van der Waals surface area contributed by atoms with Gasteiger partial charge in [-0.1, -0.05) is 23.7 Å². The molecule has 0 radical (unpaired) electrons. The normalized spacial score (nSPS) is 12.2. The first-order valence-corrected chi connectivity index (χ1v) is 9.31. The number of aromatic nitrogens is 4. The monoisotopic (exact) mass is 435 g/mol. The van der Waals surface area contributed by atoms with E-state index in [4.69, 9.17) is 11.6 Å². The summed E-state index contributed by atoms with van der Waals surface area (Å²) in [7, 11) is 0. The van der Waals surface area contributed by atoms with Crippen LogP contribution in [0.3, 0.4) is 0 Å².